The van der Waals surface area contributed by atoms with Crippen LogP contribution < -0.4 is 10.1 Å². The van der Waals surface area contributed by atoms with Gasteiger partial charge in [-0.3, -0.25) is 14.6 Å². The van der Waals surface area contributed by atoms with E-state index in [4.69, 9.17) is 21.1 Å². The predicted octanol–water partition coefficient (Wildman–Crippen LogP) is 3.71. The fraction of sp³-hybridized carbons (Fsp3) is 0.393. The van der Waals surface area contributed by atoms with Crippen molar-refractivity contribution in [2.75, 3.05) is 53.5 Å². The Kier molecular flexibility index (Phi) is 8.91. The van der Waals surface area contributed by atoms with E-state index in [0.717, 1.165) is 6.42 Å². The van der Waals surface area contributed by atoms with Gasteiger partial charge in [-0.2, -0.15) is 0 Å². The van der Waals surface area contributed by atoms with Crippen molar-refractivity contribution in [1.29, 1.82) is 0 Å². The fourth-order valence-corrected chi connectivity index (χ4v) is 4.98. The predicted molar refractivity (Wildman–Crippen MR) is 144 cm³/mol. The van der Waals surface area contributed by atoms with Crippen molar-refractivity contribution in [3.05, 3.63) is 76.0 Å². The third-order valence-electron chi connectivity index (χ3n) is 6.86. The van der Waals surface area contributed by atoms with Gasteiger partial charge in [0, 0.05) is 61.6 Å². The molecule has 1 saturated heterocycles. The van der Waals surface area contributed by atoms with Crippen LogP contribution in [0, 0.1) is 0 Å². The lowest BCUT2D eigenvalue weighted by atomic mass is 9.93. The molecule has 1 N–H and O–H groups in total. The summed E-state index contributed by atoms with van der Waals surface area (Å²) in [6.45, 7) is 4.75. The Balaban J connectivity index is 1.61. The van der Waals surface area contributed by atoms with E-state index in [0.29, 0.717) is 65.9 Å². The number of nitrogens with zero attached hydrogens (tertiary/aromatic N) is 3. The van der Waals surface area contributed by atoms with Crippen LogP contribution in [-0.2, 0) is 9.53 Å². The number of hydrogen-bond acceptors (Lipinski definition) is 6. The summed E-state index contributed by atoms with van der Waals surface area (Å²) in [4.78, 5) is 44.9. The number of esters is 1. The van der Waals surface area contributed by atoms with Crippen LogP contribution in [-0.4, -0.2) is 86.1 Å². The number of amides is 3. The first-order chi connectivity index (χ1) is 18.3. The summed E-state index contributed by atoms with van der Waals surface area (Å²) in [7, 11) is 3.20. The van der Waals surface area contributed by atoms with Crippen molar-refractivity contribution in [3.8, 4) is 5.75 Å². The molecule has 0 spiro atoms. The van der Waals surface area contributed by atoms with Crippen LogP contribution in [0.4, 0.5) is 4.79 Å². The van der Waals surface area contributed by atoms with Gasteiger partial charge in [-0.05, 0) is 43.7 Å². The number of halogens is 1. The second-order valence-corrected chi connectivity index (χ2v) is 9.63. The monoisotopic (exact) mass is 540 g/mol. The number of rotatable bonds is 7. The molecule has 0 aromatic heterocycles. The van der Waals surface area contributed by atoms with E-state index in [9.17, 15) is 14.4 Å². The number of nitrogens with one attached hydrogen (secondary N) is 1. The molecule has 0 bridgehead atoms. The van der Waals surface area contributed by atoms with Gasteiger partial charge in [0.25, 0.3) is 5.91 Å². The van der Waals surface area contributed by atoms with E-state index < -0.39 is 12.0 Å². The highest BCUT2D eigenvalue weighted by atomic mass is 35.5. The number of urea groups is 1. The molecular formula is C28H33ClN4O5. The second-order valence-electron chi connectivity index (χ2n) is 9.19. The molecule has 10 heteroatoms. The zero-order chi connectivity index (χ0) is 27.2. The number of carbonyl (C=O) groups is 3. The number of hydrogen-bond donors (Lipinski definition) is 1. The number of benzene rings is 2. The Morgan fingerprint density at radius 1 is 1.05 bits per heavy atom. The van der Waals surface area contributed by atoms with Gasteiger partial charge in [0.1, 0.15) is 5.75 Å². The van der Waals surface area contributed by atoms with Crippen LogP contribution in [0.1, 0.15) is 35.3 Å². The Morgan fingerprint density at radius 3 is 2.50 bits per heavy atom. The minimum absolute atomic E-state index is 0.0413. The average Bonchev–Trinajstić information content (AvgIpc) is 3.16. The summed E-state index contributed by atoms with van der Waals surface area (Å²) in [5.74, 6) is 0.0367. The summed E-state index contributed by atoms with van der Waals surface area (Å²) >= 11 is 5.97. The molecule has 4 rings (SSSR count). The van der Waals surface area contributed by atoms with Crippen molar-refractivity contribution in [3.63, 3.8) is 0 Å². The van der Waals surface area contributed by atoms with Gasteiger partial charge in [0.2, 0.25) is 0 Å². The topological polar surface area (TPSA) is 91.4 Å². The summed E-state index contributed by atoms with van der Waals surface area (Å²) in [5, 5.41) is 3.52. The third kappa shape index (κ3) is 5.95. The van der Waals surface area contributed by atoms with Crippen molar-refractivity contribution in [2.45, 2.75) is 19.4 Å². The van der Waals surface area contributed by atoms with E-state index in [1.165, 1.54) is 4.90 Å². The van der Waals surface area contributed by atoms with E-state index in [1.807, 2.05) is 23.1 Å². The molecule has 1 unspecified atom stereocenters. The Hall–Kier alpha value is -3.56. The first-order valence-electron chi connectivity index (χ1n) is 12.7. The molecule has 2 aliphatic rings. The SMILES string of the molecule is CCOC(=O)C1=C(CN2CCCN(C(=O)c3ccc(Cl)cc3)CC2)N(C)C(=O)NC1c1ccccc1OC. The molecule has 2 aliphatic heterocycles. The highest BCUT2D eigenvalue weighted by Gasteiger charge is 2.38. The number of para-hydroxylation sites is 1. The van der Waals surface area contributed by atoms with Gasteiger partial charge in [-0.15, -0.1) is 0 Å². The van der Waals surface area contributed by atoms with Gasteiger partial charge >= 0.3 is 12.0 Å². The fourth-order valence-electron chi connectivity index (χ4n) is 4.86. The molecule has 0 aliphatic carbocycles. The van der Waals surface area contributed by atoms with E-state index >= 15 is 0 Å². The van der Waals surface area contributed by atoms with Gasteiger partial charge in [-0.1, -0.05) is 29.8 Å². The molecule has 0 saturated carbocycles. The number of ether oxygens (including phenoxy) is 2. The molecule has 3 amide bonds. The smallest absolute Gasteiger partial charge is 0.338 e. The Labute approximate surface area is 227 Å². The maximum Gasteiger partial charge on any atom is 0.338 e. The number of methoxy groups -OCH3 is 1. The Morgan fingerprint density at radius 2 is 1.79 bits per heavy atom. The maximum atomic E-state index is 13.3. The summed E-state index contributed by atoms with van der Waals surface area (Å²) in [5.41, 5.74) is 2.21. The van der Waals surface area contributed by atoms with Crippen LogP contribution >= 0.6 is 11.6 Å². The van der Waals surface area contributed by atoms with Crippen molar-refractivity contribution in [2.24, 2.45) is 0 Å². The molecule has 2 heterocycles. The van der Waals surface area contributed by atoms with Crippen LogP contribution in [0.5, 0.6) is 5.75 Å². The summed E-state index contributed by atoms with van der Waals surface area (Å²) in [6, 6.07) is 13.1. The molecule has 2 aromatic rings. The molecule has 9 nitrogen and oxygen atoms in total. The quantitative estimate of drug-likeness (QED) is 0.538. The standard InChI is InChI=1S/C28H33ClN4O5/c1-4-38-27(35)24-22(31(2)28(36)30-25(24)21-8-5-6-9-23(21)37-3)18-32-14-7-15-33(17-16-32)26(34)19-10-12-20(29)13-11-19/h5-6,8-13,25H,4,7,14-18H2,1-3H3,(H,30,36). The van der Waals surface area contributed by atoms with Crippen LogP contribution in [0.3, 0.4) is 0 Å². The van der Waals surface area contributed by atoms with Crippen molar-refractivity contribution < 1.29 is 23.9 Å². The molecule has 1 fully saturated rings. The van der Waals surface area contributed by atoms with E-state index in [-0.39, 0.29) is 18.5 Å². The van der Waals surface area contributed by atoms with Gasteiger partial charge < -0.3 is 19.7 Å². The number of carbonyl (C=O) groups excluding carboxylic acids is 3. The van der Waals surface area contributed by atoms with Crippen LogP contribution in [0.2, 0.25) is 5.02 Å². The average molecular weight is 541 g/mol. The zero-order valence-electron chi connectivity index (χ0n) is 21.9. The molecule has 38 heavy (non-hydrogen) atoms. The van der Waals surface area contributed by atoms with Gasteiger partial charge in [0.05, 0.1) is 25.3 Å². The summed E-state index contributed by atoms with van der Waals surface area (Å²) in [6.07, 6.45) is 0.757. The normalized spacial score (nSPS) is 18.6. The lowest BCUT2D eigenvalue weighted by molar-refractivity contribution is -0.139. The van der Waals surface area contributed by atoms with Gasteiger partial charge in [0.15, 0.2) is 0 Å². The van der Waals surface area contributed by atoms with E-state index in [1.54, 1.807) is 51.4 Å². The first-order valence-corrected chi connectivity index (χ1v) is 13.1. The Bertz CT molecular complexity index is 1220. The zero-order valence-corrected chi connectivity index (χ0v) is 22.7. The second kappa shape index (κ2) is 12.3. The largest absolute Gasteiger partial charge is 0.496 e. The molecule has 202 valence electrons. The van der Waals surface area contributed by atoms with Crippen LogP contribution in [0.25, 0.3) is 0 Å². The lowest BCUT2D eigenvalue weighted by Gasteiger charge is -2.37. The molecule has 2 aromatic carbocycles. The van der Waals surface area contributed by atoms with Crippen molar-refractivity contribution in [1.82, 2.24) is 20.0 Å². The molecular weight excluding hydrogens is 508 g/mol. The van der Waals surface area contributed by atoms with Gasteiger partial charge in [-0.25, -0.2) is 9.59 Å². The minimum atomic E-state index is -0.723. The highest BCUT2D eigenvalue weighted by Crippen LogP contribution is 2.36. The maximum absolute atomic E-state index is 13.3. The van der Waals surface area contributed by atoms with Crippen molar-refractivity contribution >= 4 is 29.5 Å². The first kappa shape index (κ1) is 27.5. The molecule has 0 radical (unpaired) electrons. The third-order valence-corrected chi connectivity index (χ3v) is 7.11. The highest BCUT2D eigenvalue weighted by molar-refractivity contribution is 6.30. The minimum Gasteiger partial charge on any atom is -0.496 e. The number of likely N-dealkylation sites (N-methyl/N-ethyl adjacent to an activating group) is 1. The van der Waals surface area contributed by atoms with E-state index in [2.05, 4.69) is 10.2 Å². The lowest BCUT2D eigenvalue weighted by Crippen LogP contribution is -2.49. The van der Waals surface area contributed by atoms with Crippen LogP contribution in [0.15, 0.2) is 59.8 Å². The summed E-state index contributed by atoms with van der Waals surface area (Å²) < 4.78 is 11.0. The molecule has 1 atom stereocenters.